The Balaban J connectivity index is 1.90. The molecule has 0 spiro atoms. The lowest BCUT2D eigenvalue weighted by Gasteiger charge is -2.29. The predicted octanol–water partition coefficient (Wildman–Crippen LogP) is 2.55. The van der Waals surface area contributed by atoms with E-state index in [4.69, 9.17) is 21.7 Å². The van der Waals surface area contributed by atoms with E-state index in [0.29, 0.717) is 29.2 Å². The predicted molar refractivity (Wildman–Crippen MR) is 131 cm³/mol. The van der Waals surface area contributed by atoms with Gasteiger partial charge in [0.05, 0.1) is 19.1 Å². The van der Waals surface area contributed by atoms with E-state index in [9.17, 15) is 19.7 Å². The monoisotopic (exact) mass is 484 g/mol. The van der Waals surface area contributed by atoms with Crippen molar-refractivity contribution in [3.8, 4) is 11.5 Å². The van der Waals surface area contributed by atoms with E-state index >= 15 is 0 Å². The van der Waals surface area contributed by atoms with Crippen LogP contribution in [0.2, 0.25) is 0 Å². The largest absolute Gasteiger partial charge is 0.493 e. The summed E-state index contributed by atoms with van der Waals surface area (Å²) in [6.07, 6.45) is 1.79. The molecule has 0 aromatic heterocycles. The van der Waals surface area contributed by atoms with E-state index in [-0.39, 0.29) is 22.9 Å². The molecule has 0 atom stereocenters. The van der Waals surface area contributed by atoms with E-state index in [0.717, 1.165) is 5.56 Å². The third-order valence-electron chi connectivity index (χ3n) is 5.26. The van der Waals surface area contributed by atoms with Gasteiger partial charge in [-0.05, 0) is 48.5 Å². The molecule has 2 amide bonds. The highest BCUT2D eigenvalue weighted by atomic mass is 32.1. The number of hydrogen-bond acceptors (Lipinski definition) is 8. The Hall–Kier alpha value is -3.99. The van der Waals surface area contributed by atoms with Crippen LogP contribution < -0.4 is 19.7 Å². The van der Waals surface area contributed by atoms with E-state index in [2.05, 4.69) is 5.32 Å². The number of methoxy groups -OCH3 is 2. The van der Waals surface area contributed by atoms with Crippen LogP contribution in [0.1, 0.15) is 11.1 Å². The smallest absolute Gasteiger partial charge is 0.270 e. The zero-order valence-electron chi connectivity index (χ0n) is 19.2. The second kappa shape index (κ2) is 10.3. The van der Waals surface area contributed by atoms with Gasteiger partial charge in [-0.2, -0.15) is 0 Å². The van der Waals surface area contributed by atoms with Crippen LogP contribution in [0.15, 0.2) is 42.0 Å². The highest BCUT2D eigenvalue weighted by Crippen LogP contribution is 2.29. The van der Waals surface area contributed by atoms with Crippen molar-refractivity contribution in [2.24, 2.45) is 0 Å². The summed E-state index contributed by atoms with van der Waals surface area (Å²) in [5, 5.41) is 13.8. The van der Waals surface area contributed by atoms with Crippen molar-refractivity contribution in [1.82, 2.24) is 10.2 Å². The minimum atomic E-state index is -0.659. The zero-order chi connectivity index (χ0) is 25.0. The van der Waals surface area contributed by atoms with Gasteiger partial charge in [0.1, 0.15) is 5.57 Å². The summed E-state index contributed by atoms with van der Waals surface area (Å²) in [4.78, 5) is 39.6. The fourth-order valence-corrected chi connectivity index (χ4v) is 3.77. The number of nitrogens with one attached hydrogen (secondary N) is 1. The molecule has 11 heteroatoms. The average molecular weight is 485 g/mol. The number of non-ortho nitro benzene ring substituents is 1. The lowest BCUT2D eigenvalue weighted by molar-refractivity contribution is -0.384. The molecule has 34 heavy (non-hydrogen) atoms. The van der Waals surface area contributed by atoms with Crippen LogP contribution >= 0.6 is 12.2 Å². The summed E-state index contributed by atoms with van der Waals surface area (Å²) in [7, 11) is 6.60. The van der Waals surface area contributed by atoms with Crippen LogP contribution in [0.5, 0.6) is 11.5 Å². The van der Waals surface area contributed by atoms with Crippen LogP contribution in [0.25, 0.3) is 6.08 Å². The number of nitrogens with zero attached hydrogens (tertiary/aromatic N) is 3. The number of anilines is 1. The van der Waals surface area contributed by atoms with Gasteiger partial charge in [0.25, 0.3) is 17.5 Å². The van der Waals surface area contributed by atoms with E-state index in [1.165, 1.54) is 30.2 Å². The van der Waals surface area contributed by atoms with E-state index in [1.807, 2.05) is 6.07 Å². The molecule has 2 aromatic carbocycles. The number of nitro groups is 1. The SMILES string of the molecule is COc1ccc(CCN2C(=O)/C(=C\c3cc([N+](=O)[O-])ccc3N(C)C)C(=O)NC2=S)cc1OC. The van der Waals surface area contributed by atoms with Gasteiger partial charge in [-0.3, -0.25) is 29.9 Å². The molecule has 0 saturated carbocycles. The van der Waals surface area contributed by atoms with Crippen LogP contribution in [0.3, 0.4) is 0 Å². The molecule has 0 bridgehead atoms. The van der Waals surface area contributed by atoms with Crippen molar-refractivity contribution in [1.29, 1.82) is 0 Å². The molecule has 1 aliphatic rings. The summed E-state index contributed by atoms with van der Waals surface area (Å²) < 4.78 is 10.6. The average Bonchev–Trinajstić information content (AvgIpc) is 2.80. The minimum absolute atomic E-state index is 0.000461. The number of rotatable bonds is 8. The summed E-state index contributed by atoms with van der Waals surface area (Å²) in [5.41, 5.74) is 1.55. The van der Waals surface area contributed by atoms with Crippen LogP contribution in [0, 0.1) is 10.1 Å². The van der Waals surface area contributed by atoms with Crippen molar-refractivity contribution in [3.63, 3.8) is 0 Å². The molecule has 1 saturated heterocycles. The van der Waals surface area contributed by atoms with Crippen molar-refractivity contribution in [2.75, 3.05) is 39.8 Å². The van der Waals surface area contributed by atoms with Crippen molar-refractivity contribution in [3.05, 3.63) is 63.2 Å². The third-order valence-corrected chi connectivity index (χ3v) is 5.58. The van der Waals surface area contributed by atoms with Crippen LogP contribution in [0.4, 0.5) is 11.4 Å². The number of amides is 2. The molecule has 3 rings (SSSR count). The van der Waals surface area contributed by atoms with Crippen molar-refractivity contribution >= 4 is 46.6 Å². The lowest BCUT2D eigenvalue weighted by Crippen LogP contribution is -2.54. The van der Waals surface area contributed by atoms with E-state index in [1.54, 1.807) is 44.3 Å². The molecular weight excluding hydrogens is 460 g/mol. The molecule has 1 heterocycles. The second-order valence-electron chi connectivity index (χ2n) is 7.61. The number of hydrogen-bond donors (Lipinski definition) is 1. The normalized spacial score (nSPS) is 14.8. The molecule has 1 aliphatic heterocycles. The Bertz CT molecular complexity index is 1190. The van der Waals surface area contributed by atoms with Gasteiger partial charge >= 0.3 is 0 Å². The number of benzene rings is 2. The molecule has 1 N–H and O–H groups in total. The second-order valence-corrected chi connectivity index (χ2v) is 7.99. The maximum absolute atomic E-state index is 13.2. The Kier molecular flexibility index (Phi) is 7.47. The Labute approximate surface area is 201 Å². The molecule has 0 radical (unpaired) electrons. The Morgan fingerprint density at radius 2 is 1.82 bits per heavy atom. The summed E-state index contributed by atoms with van der Waals surface area (Å²) in [5.74, 6) is -0.0932. The first-order valence-corrected chi connectivity index (χ1v) is 10.6. The van der Waals surface area contributed by atoms with Gasteiger partial charge in [0.2, 0.25) is 0 Å². The van der Waals surface area contributed by atoms with Gasteiger partial charge in [0.15, 0.2) is 16.6 Å². The zero-order valence-corrected chi connectivity index (χ0v) is 20.0. The number of carbonyl (C=O) groups is 2. The highest BCUT2D eigenvalue weighted by Gasteiger charge is 2.33. The molecule has 2 aromatic rings. The Morgan fingerprint density at radius 3 is 2.44 bits per heavy atom. The quantitative estimate of drug-likeness (QED) is 0.200. The molecule has 1 fully saturated rings. The fourth-order valence-electron chi connectivity index (χ4n) is 3.51. The molecular formula is C23H24N4O6S. The Morgan fingerprint density at radius 1 is 1.12 bits per heavy atom. The van der Waals surface area contributed by atoms with Gasteiger partial charge < -0.3 is 14.4 Å². The summed E-state index contributed by atoms with van der Waals surface area (Å²) in [6.45, 7) is 0.209. The maximum Gasteiger partial charge on any atom is 0.270 e. The van der Waals surface area contributed by atoms with Crippen molar-refractivity contribution < 1.29 is 24.0 Å². The van der Waals surface area contributed by atoms with Crippen LogP contribution in [-0.2, 0) is 16.0 Å². The number of carbonyl (C=O) groups excluding carboxylic acids is 2. The first-order valence-electron chi connectivity index (χ1n) is 10.2. The number of ether oxygens (including phenoxy) is 2. The first kappa shape index (κ1) is 24.6. The summed E-state index contributed by atoms with van der Waals surface area (Å²) in [6, 6.07) is 9.67. The van der Waals surface area contributed by atoms with E-state index < -0.39 is 16.7 Å². The lowest BCUT2D eigenvalue weighted by atomic mass is 10.0. The minimum Gasteiger partial charge on any atom is -0.493 e. The van der Waals surface area contributed by atoms with Gasteiger partial charge in [-0.15, -0.1) is 0 Å². The van der Waals surface area contributed by atoms with Gasteiger partial charge in [0, 0.05) is 44.0 Å². The van der Waals surface area contributed by atoms with Crippen LogP contribution in [-0.4, -0.2) is 61.6 Å². The number of nitro benzene ring substituents is 1. The molecule has 178 valence electrons. The van der Waals surface area contributed by atoms with Gasteiger partial charge in [-0.1, -0.05) is 6.07 Å². The number of thiocarbonyl (C=S) groups is 1. The maximum atomic E-state index is 13.2. The highest BCUT2D eigenvalue weighted by molar-refractivity contribution is 7.80. The first-order chi connectivity index (χ1) is 16.2. The fraction of sp³-hybridized carbons (Fsp3) is 0.261. The molecule has 0 unspecified atom stereocenters. The third kappa shape index (κ3) is 5.15. The van der Waals surface area contributed by atoms with Crippen molar-refractivity contribution in [2.45, 2.75) is 6.42 Å². The molecule has 10 nitrogen and oxygen atoms in total. The molecule has 0 aliphatic carbocycles. The van der Waals surface area contributed by atoms with Gasteiger partial charge in [-0.25, -0.2) is 0 Å². The topological polar surface area (TPSA) is 114 Å². The standard InChI is InChI=1S/C23H24N4O6S/c1-25(2)18-7-6-16(27(30)31)12-15(18)13-17-21(28)24-23(34)26(22(17)29)10-9-14-5-8-19(32-3)20(11-14)33-4/h5-8,11-13H,9-10H2,1-4H3,(H,24,28,34)/b17-13-. The summed E-state index contributed by atoms with van der Waals surface area (Å²) >= 11 is 5.23.